The van der Waals surface area contributed by atoms with Crippen molar-refractivity contribution in [2.75, 3.05) is 7.05 Å². The minimum absolute atomic E-state index is 0.0677. The number of hydrogen-bond acceptors (Lipinski definition) is 2. The molecule has 1 amide bonds. The lowest BCUT2D eigenvalue weighted by Crippen LogP contribution is -2.36. The lowest BCUT2D eigenvalue weighted by atomic mass is 9.97. The van der Waals surface area contributed by atoms with E-state index in [9.17, 15) is 9.18 Å². The number of hydrogen-bond donors (Lipinski definition) is 0. The number of carbonyl (C=O) groups excluding carboxylic acids is 1. The Kier molecular flexibility index (Phi) is 4.93. The molecule has 0 fully saturated rings. The number of nitrogens with zero attached hydrogens (tertiary/aromatic N) is 3. The topological polar surface area (TPSA) is 38.1 Å². The van der Waals surface area contributed by atoms with Crippen LogP contribution in [0.15, 0.2) is 73.1 Å². The van der Waals surface area contributed by atoms with E-state index in [4.69, 9.17) is 0 Å². The van der Waals surface area contributed by atoms with Crippen LogP contribution in [0.3, 0.4) is 0 Å². The molecule has 0 radical (unpaired) electrons. The first kappa shape index (κ1) is 16.9. The van der Waals surface area contributed by atoms with Crippen LogP contribution in [-0.4, -0.2) is 27.6 Å². The van der Waals surface area contributed by atoms with Gasteiger partial charge >= 0.3 is 0 Å². The van der Waals surface area contributed by atoms with E-state index in [1.807, 2.05) is 37.3 Å². The average molecular weight is 337 g/mol. The zero-order chi connectivity index (χ0) is 17.8. The van der Waals surface area contributed by atoms with Crippen molar-refractivity contribution >= 4 is 5.91 Å². The van der Waals surface area contributed by atoms with Gasteiger partial charge in [0.15, 0.2) is 0 Å². The molecule has 1 heterocycles. The monoisotopic (exact) mass is 337 g/mol. The molecule has 3 aromatic rings. The van der Waals surface area contributed by atoms with Gasteiger partial charge in [-0.2, -0.15) is 5.10 Å². The van der Waals surface area contributed by atoms with E-state index >= 15 is 0 Å². The van der Waals surface area contributed by atoms with Crippen LogP contribution in [0, 0.1) is 5.82 Å². The summed E-state index contributed by atoms with van der Waals surface area (Å²) in [5, 5.41) is 4.16. The molecular formula is C20H20FN3O. The largest absolute Gasteiger partial charge is 0.333 e. The zero-order valence-corrected chi connectivity index (χ0v) is 14.2. The van der Waals surface area contributed by atoms with Crippen LogP contribution < -0.4 is 0 Å². The van der Waals surface area contributed by atoms with Gasteiger partial charge in [0.1, 0.15) is 11.9 Å². The first-order valence-corrected chi connectivity index (χ1v) is 8.14. The van der Waals surface area contributed by atoms with Gasteiger partial charge in [0, 0.05) is 19.4 Å². The minimum Gasteiger partial charge on any atom is -0.333 e. The molecule has 5 heteroatoms. The van der Waals surface area contributed by atoms with Gasteiger partial charge in [-0.3, -0.25) is 9.48 Å². The highest BCUT2D eigenvalue weighted by atomic mass is 19.1. The van der Waals surface area contributed by atoms with E-state index in [0.29, 0.717) is 0 Å². The van der Waals surface area contributed by atoms with E-state index in [2.05, 4.69) is 5.10 Å². The van der Waals surface area contributed by atoms with Crippen molar-refractivity contribution in [2.24, 2.45) is 0 Å². The first-order chi connectivity index (χ1) is 12.1. The summed E-state index contributed by atoms with van der Waals surface area (Å²) in [6, 6.07) is 17.1. The molecular weight excluding hydrogens is 317 g/mol. The highest BCUT2D eigenvalue weighted by molar-refractivity contribution is 5.80. The lowest BCUT2D eigenvalue weighted by molar-refractivity contribution is -0.134. The maximum absolute atomic E-state index is 13.3. The molecule has 1 aromatic heterocycles. The second kappa shape index (κ2) is 7.30. The van der Waals surface area contributed by atoms with Gasteiger partial charge in [-0.05, 0) is 36.2 Å². The number of amides is 1. The van der Waals surface area contributed by atoms with E-state index in [1.54, 1.807) is 47.2 Å². The van der Waals surface area contributed by atoms with Crippen LogP contribution in [0.5, 0.6) is 0 Å². The molecule has 25 heavy (non-hydrogen) atoms. The summed E-state index contributed by atoms with van der Waals surface area (Å²) in [5.74, 6) is -0.365. The van der Waals surface area contributed by atoms with Gasteiger partial charge in [-0.15, -0.1) is 0 Å². The van der Waals surface area contributed by atoms with Crippen molar-refractivity contribution in [3.05, 3.63) is 90.0 Å². The Balaban J connectivity index is 1.96. The summed E-state index contributed by atoms with van der Waals surface area (Å²) in [6.45, 7) is 1.82. The third-order valence-corrected chi connectivity index (χ3v) is 4.32. The molecule has 4 nitrogen and oxygen atoms in total. The molecule has 0 aliphatic rings. The molecule has 0 saturated carbocycles. The SMILES string of the molecule is C[C@H](C(=O)N(C)[C@H](c1ccccc1)c1ccc(F)cc1)n1cccn1. The highest BCUT2D eigenvalue weighted by Crippen LogP contribution is 2.29. The predicted molar refractivity (Wildman–Crippen MR) is 94.4 cm³/mol. The van der Waals surface area contributed by atoms with Gasteiger partial charge in [-0.25, -0.2) is 4.39 Å². The summed E-state index contributed by atoms with van der Waals surface area (Å²) >= 11 is 0. The van der Waals surface area contributed by atoms with Crippen molar-refractivity contribution in [1.29, 1.82) is 0 Å². The fraction of sp³-hybridized carbons (Fsp3) is 0.200. The Labute approximate surface area is 146 Å². The second-order valence-corrected chi connectivity index (χ2v) is 5.98. The molecule has 0 unspecified atom stereocenters. The number of carbonyl (C=O) groups is 1. The predicted octanol–water partition coefficient (Wildman–Crippen LogP) is 3.83. The Bertz CT molecular complexity index is 816. The molecule has 2 aromatic carbocycles. The van der Waals surface area contributed by atoms with Crippen LogP contribution in [-0.2, 0) is 4.79 Å². The van der Waals surface area contributed by atoms with Gasteiger partial charge in [-0.1, -0.05) is 42.5 Å². The maximum atomic E-state index is 13.3. The van der Waals surface area contributed by atoms with Crippen LogP contribution >= 0.6 is 0 Å². The maximum Gasteiger partial charge on any atom is 0.247 e. The number of halogens is 1. The van der Waals surface area contributed by atoms with Crippen molar-refractivity contribution in [3.63, 3.8) is 0 Å². The van der Waals surface area contributed by atoms with E-state index in [-0.39, 0.29) is 17.8 Å². The van der Waals surface area contributed by atoms with Gasteiger partial charge in [0.05, 0.1) is 6.04 Å². The van der Waals surface area contributed by atoms with E-state index in [1.165, 1.54) is 12.1 Å². The third-order valence-electron chi connectivity index (χ3n) is 4.32. The molecule has 0 aliphatic carbocycles. The fourth-order valence-corrected chi connectivity index (χ4v) is 2.96. The normalized spacial score (nSPS) is 13.2. The third kappa shape index (κ3) is 3.60. The average Bonchev–Trinajstić information content (AvgIpc) is 3.18. The highest BCUT2D eigenvalue weighted by Gasteiger charge is 2.27. The molecule has 128 valence electrons. The van der Waals surface area contributed by atoms with Crippen molar-refractivity contribution in [2.45, 2.75) is 19.0 Å². The van der Waals surface area contributed by atoms with Gasteiger partial charge < -0.3 is 4.90 Å². The Morgan fingerprint density at radius 2 is 1.68 bits per heavy atom. The molecule has 0 spiro atoms. The molecule has 0 N–H and O–H groups in total. The van der Waals surface area contributed by atoms with E-state index in [0.717, 1.165) is 11.1 Å². The number of rotatable bonds is 5. The minimum atomic E-state index is -0.424. The van der Waals surface area contributed by atoms with Crippen LogP contribution in [0.4, 0.5) is 4.39 Å². The number of aromatic nitrogens is 2. The number of benzene rings is 2. The summed E-state index contributed by atoms with van der Waals surface area (Å²) in [5.41, 5.74) is 1.83. The van der Waals surface area contributed by atoms with Crippen molar-refractivity contribution in [3.8, 4) is 0 Å². The molecule has 0 aliphatic heterocycles. The Hall–Kier alpha value is -2.95. The molecule has 0 bridgehead atoms. The zero-order valence-electron chi connectivity index (χ0n) is 14.2. The number of likely N-dealkylation sites (N-methyl/N-ethyl adjacent to an activating group) is 1. The molecule has 2 atom stereocenters. The van der Waals surface area contributed by atoms with E-state index < -0.39 is 6.04 Å². The van der Waals surface area contributed by atoms with Crippen molar-refractivity contribution < 1.29 is 9.18 Å². The Morgan fingerprint density at radius 3 is 2.28 bits per heavy atom. The summed E-state index contributed by atoms with van der Waals surface area (Å²) in [6.07, 6.45) is 3.42. The summed E-state index contributed by atoms with van der Waals surface area (Å²) < 4.78 is 15.0. The van der Waals surface area contributed by atoms with Gasteiger partial charge in [0.2, 0.25) is 5.91 Å². The van der Waals surface area contributed by atoms with Crippen molar-refractivity contribution in [1.82, 2.24) is 14.7 Å². The quantitative estimate of drug-likeness (QED) is 0.710. The smallest absolute Gasteiger partial charge is 0.247 e. The fourth-order valence-electron chi connectivity index (χ4n) is 2.96. The van der Waals surface area contributed by atoms with Crippen LogP contribution in [0.2, 0.25) is 0 Å². The standard InChI is InChI=1S/C20H20FN3O/c1-15(24-14-6-13-22-24)20(25)23(2)19(16-7-4-3-5-8-16)17-9-11-18(21)12-10-17/h3-15,19H,1-2H3/t15-,19-/m1/s1. The molecule has 3 rings (SSSR count). The molecule has 0 saturated heterocycles. The lowest BCUT2D eigenvalue weighted by Gasteiger charge is -2.31. The second-order valence-electron chi connectivity index (χ2n) is 5.98. The van der Waals surface area contributed by atoms with Gasteiger partial charge in [0.25, 0.3) is 0 Å². The Morgan fingerprint density at radius 1 is 1.04 bits per heavy atom. The summed E-state index contributed by atoms with van der Waals surface area (Å²) in [4.78, 5) is 14.7. The first-order valence-electron chi connectivity index (χ1n) is 8.14. The summed E-state index contributed by atoms with van der Waals surface area (Å²) in [7, 11) is 1.77. The van der Waals surface area contributed by atoms with Crippen LogP contribution in [0.1, 0.15) is 30.1 Å². The van der Waals surface area contributed by atoms with Crippen LogP contribution in [0.25, 0.3) is 0 Å².